The molecule has 1 aromatic heterocycles. The maximum absolute atomic E-state index is 12.5. The van der Waals surface area contributed by atoms with E-state index < -0.39 is 41.8 Å². The minimum absolute atomic E-state index is 0.118. The van der Waals surface area contributed by atoms with Crippen molar-refractivity contribution < 1.29 is 34.2 Å². The van der Waals surface area contributed by atoms with Gasteiger partial charge in [-0.15, -0.1) is 23.1 Å². The molecule has 0 saturated carbocycles. The highest BCUT2D eigenvalue weighted by Gasteiger charge is 2.53. The van der Waals surface area contributed by atoms with Crippen LogP contribution in [0.4, 0.5) is 0 Å². The fraction of sp³-hybridized carbons (Fsp3) is 0.286. The molecule has 2 aliphatic heterocycles. The molecule has 11 nitrogen and oxygen atoms in total. The van der Waals surface area contributed by atoms with Gasteiger partial charge in [0, 0.05) is 11.1 Å². The number of rotatable bonds is 7. The fourth-order valence-corrected chi connectivity index (χ4v) is 4.17. The van der Waals surface area contributed by atoms with E-state index in [4.69, 9.17) is 10.2 Å². The molecular formula is C14H12N4O7S2. The number of β-lactam (4-membered cyclic amide) rings is 1. The lowest BCUT2D eigenvalue weighted by molar-refractivity contribution is -0.150. The monoisotopic (exact) mass is 412 g/mol. The fourth-order valence-electron chi connectivity index (χ4n) is 2.43. The van der Waals surface area contributed by atoms with Crippen LogP contribution in [0.2, 0.25) is 0 Å². The van der Waals surface area contributed by atoms with Crippen molar-refractivity contribution in [1.82, 2.24) is 15.2 Å². The van der Waals surface area contributed by atoms with Gasteiger partial charge in [0.1, 0.15) is 22.8 Å². The standard InChI is InChI=1S/C14H12N4O7S2/c19-8(20)3-25-17-9(6-4-26-5-15-6)11(21)16-10-12(22)18-7(14(23)24)1-2-27-13(10)18/h1,4-5,10,13H,2-3H2,(H,16,21)(H,19,20)(H,23,24)/b17-9-/t10-,13-/m1/s1. The summed E-state index contributed by atoms with van der Waals surface area (Å²) in [5.74, 6) is -3.44. The van der Waals surface area contributed by atoms with E-state index in [0.717, 1.165) is 4.90 Å². The van der Waals surface area contributed by atoms with Gasteiger partial charge in [-0.25, -0.2) is 14.6 Å². The number of nitrogens with one attached hydrogen (secondary N) is 1. The molecule has 0 radical (unpaired) electrons. The van der Waals surface area contributed by atoms with Gasteiger partial charge in [-0.05, 0) is 6.08 Å². The Hall–Kier alpha value is -2.93. The predicted octanol–water partition coefficient (Wildman–Crippen LogP) is -0.683. The lowest BCUT2D eigenvalue weighted by Crippen LogP contribution is -2.70. The van der Waals surface area contributed by atoms with Gasteiger partial charge in [0.2, 0.25) is 6.61 Å². The molecule has 0 unspecified atom stereocenters. The second-order valence-electron chi connectivity index (χ2n) is 5.26. The first kappa shape index (κ1) is 18.8. The Morgan fingerprint density at radius 1 is 1.41 bits per heavy atom. The molecule has 2 aliphatic rings. The van der Waals surface area contributed by atoms with Crippen LogP contribution in [0.3, 0.4) is 0 Å². The number of nitrogens with zero attached hydrogens (tertiary/aromatic N) is 3. The van der Waals surface area contributed by atoms with E-state index in [2.05, 4.69) is 20.3 Å². The van der Waals surface area contributed by atoms with Crippen molar-refractivity contribution in [3.8, 4) is 0 Å². The summed E-state index contributed by atoms with van der Waals surface area (Å²) in [6.45, 7) is -0.748. The minimum Gasteiger partial charge on any atom is -0.479 e. The summed E-state index contributed by atoms with van der Waals surface area (Å²) in [6, 6.07) is -0.936. The Morgan fingerprint density at radius 2 is 2.19 bits per heavy atom. The second kappa shape index (κ2) is 7.75. The summed E-state index contributed by atoms with van der Waals surface area (Å²) in [7, 11) is 0. The SMILES string of the molecule is O=C(O)CO/N=C(\C(=O)N[C@@H]1C(=O)N2C(C(=O)O)=CCS[C@H]12)c1cscn1. The van der Waals surface area contributed by atoms with Crippen molar-refractivity contribution in [3.05, 3.63) is 28.4 Å². The summed E-state index contributed by atoms with van der Waals surface area (Å²) in [4.78, 5) is 56.2. The molecule has 13 heteroatoms. The normalized spacial score (nSPS) is 21.6. The Morgan fingerprint density at radius 3 is 2.81 bits per heavy atom. The van der Waals surface area contributed by atoms with Crippen LogP contribution in [-0.4, -0.2) is 73.3 Å². The summed E-state index contributed by atoms with van der Waals surface area (Å²) in [5.41, 5.74) is 1.21. The highest BCUT2D eigenvalue weighted by molar-refractivity contribution is 8.00. The number of thioether (sulfide) groups is 1. The van der Waals surface area contributed by atoms with E-state index in [0.29, 0.717) is 5.75 Å². The zero-order valence-electron chi connectivity index (χ0n) is 13.4. The highest BCUT2D eigenvalue weighted by Crippen LogP contribution is 2.37. The topological polar surface area (TPSA) is 158 Å². The zero-order valence-corrected chi connectivity index (χ0v) is 15.0. The number of carboxylic acid groups (broad SMARTS) is 2. The van der Waals surface area contributed by atoms with Crippen LogP contribution in [0.5, 0.6) is 0 Å². The van der Waals surface area contributed by atoms with Gasteiger partial charge in [-0.1, -0.05) is 5.16 Å². The number of oxime groups is 1. The molecule has 3 N–H and O–H groups in total. The Balaban J connectivity index is 1.73. The Bertz CT molecular complexity index is 852. The number of amides is 2. The predicted molar refractivity (Wildman–Crippen MR) is 93.0 cm³/mol. The summed E-state index contributed by atoms with van der Waals surface area (Å²) >= 11 is 2.50. The lowest BCUT2D eigenvalue weighted by Gasteiger charge is -2.48. The molecule has 2 atom stereocenters. The van der Waals surface area contributed by atoms with Gasteiger partial charge < -0.3 is 20.4 Å². The van der Waals surface area contributed by atoms with Crippen molar-refractivity contribution in [2.75, 3.05) is 12.4 Å². The lowest BCUT2D eigenvalue weighted by atomic mass is 10.0. The number of carbonyl (C=O) groups is 4. The quantitative estimate of drug-likeness (QED) is 0.299. The first-order chi connectivity index (χ1) is 12.9. The average molecular weight is 412 g/mol. The number of fused-ring (bicyclic) bond motifs is 1. The van der Waals surface area contributed by atoms with Crippen LogP contribution in [0.1, 0.15) is 5.69 Å². The van der Waals surface area contributed by atoms with Crippen molar-refractivity contribution in [2.24, 2.45) is 5.16 Å². The van der Waals surface area contributed by atoms with Gasteiger partial charge >= 0.3 is 11.9 Å². The maximum atomic E-state index is 12.5. The van der Waals surface area contributed by atoms with Crippen molar-refractivity contribution in [2.45, 2.75) is 11.4 Å². The van der Waals surface area contributed by atoms with E-state index in [1.54, 1.807) is 0 Å². The Labute approximate surface area is 159 Å². The first-order valence-electron chi connectivity index (χ1n) is 7.39. The number of aromatic nitrogens is 1. The van der Waals surface area contributed by atoms with Gasteiger partial charge in [0.15, 0.2) is 5.71 Å². The Kier molecular flexibility index (Phi) is 5.41. The van der Waals surface area contributed by atoms with Crippen LogP contribution < -0.4 is 5.32 Å². The van der Waals surface area contributed by atoms with Crippen molar-refractivity contribution in [3.63, 3.8) is 0 Å². The van der Waals surface area contributed by atoms with Gasteiger partial charge in [0.05, 0.1) is 5.51 Å². The van der Waals surface area contributed by atoms with E-state index in [1.165, 1.54) is 40.1 Å². The second-order valence-corrected chi connectivity index (χ2v) is 7.13. The van der Waals surface area contributed by atoms with E-state index in [1.807, 2.05) is 0 Å². The number of aliphatic carboxylic acids is 2. The highest BCUT2D eigenvalue weighted by atomic mass is 32.2. The van der Waals surface area contributed by atoms with Crippen LogP contribution in [0, 0.1) is 0 Å². The van der Waals surface area contributed by atoms with E-state index >= 15 is 0 Å². The molecule has 0 aromatic carbocycles. The number of carbonyl (C=O) groups excluding carboxylic acids is 2. The molecule has 27 heavy (non-hydrogen) atoms. The molecule has 3 heterocycles. The summed E-state index contributed by atoms with van der Waals surface area (Å²) in [6.07, 6.45) is 1.43. The van der Waals surface area contributed by atoms with E-state index in [-0.39, 0.29) is 17.1 Å². The van der Waals surface area contributed by atoms with Crippen LogP contribution >= 0.6 is 23.1 Å². The van der Waals surface area contributed by atoms with Gasteiger partial charge in [0.25, 0.3) is 11.8 Å². The molecule has 0 spiro atoms. The van der Waals surface area contributed by atoms with Crippen LogP contribution in [0.25, 0.3) is 0 Å². The molecule has 0 bridgehead atoms. The third-order valence-corrected chi connectivity index (χ3v) is 5.36. The molecule has 142 valence electrons. The third kappa shape index (κ3) is 3.78. The summed E-state index contributed by atoms with van der Waals surface area (Å²) in [5, 5.41) is 24.7. The largest absolute Gasteiger partial charge is 0.479 e. The maximum Gasteiger partial charge on any atom is 0.352 e. The van der Waals surface area contributed by atoms with Crippen LogP contribution in [-0.2, 0) is 24.0 Å². The number of carboxylic acids is 2. The number of hydrogen-bond donors (Lipinski definition) is 3. The smallest absolute Gasteiger partial charge is 0.352 e. The molecule has 3 rings (SSSR count). The van der Waals surface area contributed by atoms with Crippen molar-refractivity contribution in [1.29, 1.82) is 0 Å². The zero-order chi connectivity index (χ0) is 19.6. The molecule has 0 aliphatic carbocycles. The molecule has 2 amide bonds. The average Bonchev–Trinajstić information content (AvgIpc) is 3.16. The molecule has 1 fully saturated rings. The minimum atomic E-state index is -1.27. The first-order valence-corrected chi connectivity index (χ1v) is 9.38. The van der Waals surface area contributed by atoms with Gasteiger partial charge in [-0.2, -0.15) is 0 Å². The van der Waals surface area contributed by atoms with E-state index in [9.17, 15) is 19.2 Å². The number of hydrogen-bond acceptors (Lipinski definition) is 9. The van der Waals surface area contributed by atoms with Gasteiger partial charge in [-0.3, -0.25) is 14.5 Å². The molecular weight excluding hydrogens is 400 g/mol. The summed E-state index contributed by atoms with van der Waals surface area (Å²) < 4.78 is 0. The number of thiazole rings is 1. The molecule has 1 aromatic rings. The third-order valence-electron chi connectivity index (χ3n) is 3.59. The van der Waals surface area contributed by atoms with Crippen LogP contribution in [0.15, 0.2) is 27.8 Å². The molecule has 1 saturated heterocycles. The van der Waals surface area contributed by atoms with Crippen molar-refractivity contribution >= 4 is 52.6 Å².